The Bertz CT molecular complexity index is 339. The van der Waals surface area contributed by atoms with E-state index in [4.69, 9.17) is 4.52 Å². The molecular weight excluding hydrogens is 190 g/mol. The van der Waals surface area contributed by atoms with Crippen LogP contribution in [-0.2, 0) is 4.79 Å². The van der Waals surface area contributed by atoms with Crippen LogP contribution in [0.1, 0.15) is 56.4 Å². The number of rotatable bonds is 5. The van der Waals surface area contributed by atoms with Gasteiger partial charge in [-0.1, -0.05) is 19.0 Å². The Morgan fingerprint density at radius 2 is 2.33 bits per heavy atom. The number of aromatic nitrogens is 1. The minimum atomic E-state index is 0.291. The van der Waals surface area contributed by atoms with Crippen LogP contribution in [0.3, 0.4) is 0 Å². The third-order valence-corrected chi connectivity index (χ3v) is 3.04. The summed E-state index contributed by atoms with van der Waals surface area (Å²) in [4.78, 5) is 10.6. The van der Waals surface area contributed by atoms with Gasteiger partial charge in [0, 0.05) is 24.3 Å². The number of aldehydes is 1. The zero-order valence-electron chi connectivity index (χ0n) is 9.27. The lowest BCUT2D eigenvalue weighted by molar-refractivity contribution is -0.108. The molecule has 0 amide bonds. The lowest BCUT2D eigenvalue weighted by atomic mass is 9.96. The normalized spacial score (nSPS) is 18.1. The van der Waals surface area contributed by atoms with Gasteiger partial charge in [-0.25, -0.2) is 0 Å². The van der Waals surface area contributed by atoms with Gasteiger partial charge < -0.3 is 9.32 Å². The average Bonchev–Trinajstić information content (AvgIpc) is 2.91. The van der Waals surface area contributed by atoms with Crippen molar-refractivity contribution in [3.63, 3.8) is 0 Å². The zero-order valence-corrected chi connectivity index (χ0v) is 9.27. The fourth-order valence-corrected chi connectivity index (χ4v) is 1.91. The first-order valence-electron chi connectivity index (χ1n) is 5.62. The third kappa shape index (κ3) is 2.28. The van der Waals surface area contributed by atoms with Gasteiger partial charge in [0.1, 0.15) is 12.0 Å². The Morgan fingerprint density at radius 3 is 2.80 bits per heavy atom. The van der Waals surface area contributed by atoms with Gasteiger partial charge in [0.05, 0.1) is 5.69 Å². The van der Waals surface area contributed by atoms with E-state index in [0.29, 0.717) is 24.2 Å². The first-order valence-corrected chi connectivity index (χ1v) is 5.62. The summed E-state index contributed by atoms with van der Waals surface area (Å²) in [7, 11) is 0. The van der Waals surface area contributed by atoms with E-state index < -0.39 is 0 Å². The second-order valence-electron chi connectivity index (χ2n) is 4.66. The summed E-state index contributed by atoms with van der Waals surface area (Å²) in [5, 5.41) is 4.08. The minimum absolute atomic E-state index is 0.291. The predicted molar refractivity (Wildman–Crippen MR) is 56.7 cm³/mol. The topological polar surface area (TPSA) is 43.1 Å². The van der Waals surface area contributed by atoms with Crippen LogP contribution >= 0.6 is 0 Å². The molecule has 0 aromatic carbocycles. The van der Waals surface area contributed by atoms with Gasteiger partial charge >= 0.3 is 0 Å². The van der Waals surface area contributed by atoms with E-state index in [-0.39, 0.29) is 0 Å². The molecular formula is C12H17NO2. The summed E-state index contributed by atoms with van der Waals surface area (Å²) in [5.74, 6) is 2.22. The number of carbonyl (C=O) groups is 1. The number of nitrogens with zero attached hydrogens (tertiary/aromatic N) is 1. The molecule has 0 saturated heterocycles. The Balaban J connectivity index is 2.14. The molecule has 0 bridgehead atoms. The summed E-state index contributed by atoms with van der Waals surface area (Å²) in [6.45, 7) is 4.16. The lowest BCUT2D eigenvalue weighted by Crippen LogP contribution is -2.02. The van der Waals surface area contributed by atoms with E-state index in [1.807, 2.05) is 6.07 Å². The summed E-state index contributed by atoms with van der Waals surface area (Å²) in [6, 6.07) is 2.01. The van der Waals surface area contributed by atoms with Crippen LogP contribution in [0.2, 0.25) is 0 Å². The van der Waals surface area contributed by atoms with Gasteiger partial charge in [-0.2, -0.15) is 0 Å². The van der Waals surface area contributed by atoms with Crippen LogP contribution < -0.4 is 0 Å². The van der Waals surface area contributed by atoms with Crippen LogP contribution in [0, 0.1) is 5.92 Å². The van der Waals surface area contributed by atoms with Crippen LogP contribution in [0.15, 0.2) is 10.6 Å². The Labute approximate surface area is 89.8 Å². The van der Waals surface area contributed by atoms with E-state index in [0.717, 1.165) is 17.7 Å². The van der Waals surface area contributed by atoms with E-state index in [1.165, 1.54) is 12.8 Å². The largest absolute Gasteiger partial charge is 0.361 e. The van der Waals surface area contributed by atoms with Gasteiger partial charge in [0.25, 0.3) is 0 Å². The van der Waals surface area contributed by atoms with Crippen molar-refractivity contribution in [3.05, 3.63) is 17.5 Å². The molecule has 0 radical (unpaired) electrons. The second kappa shape index (κ2) is 4.17. The molecule has 2 rings (SSSR count). The van der Waals surface area contributed by atoms with Crippen molar-refractivity contribution < 1.29 is 9.32 Å². The van der Waals surface area contributed by atoms with Crippen molar-refractivity contribution in [2.24, 2.45) is 5.92 Å². The third-order valence-electron chi connectivity index (χ3n) is 3.04. The highest BCUT2D eigenvalue weighted by Gasteiger charge is 2.34. The molecule has 1 atom stereocenters. The molecule has 1 fully saturated rings. The van der Waals surface area contributed by atoms with Crippen molar-refractivity contribution in [2.75, 3.05) is 0 Å². The van der Waals surface area contributed by atoms with Gasteiger partial charge in [-0.15, -0.1) is 0 Å². The molecule has 82 valence electrons. The summed E-state index contributed by atoms with van der Waals surface area (Å²) in [6.07, 6.45) is 4.02. The first-order chi connectivity index (χ1) is 7.22. The molecule has 1 aromatic rings. The highest BCUT2D eigenvalue weighted by atomic mass is 16.5. The Kier molecular flexibility index (Phi) is 2.89. The Hall–Kier alpha value is -1.12. The Morgan fingerprint density at radius 1 is 1.60 bits per heavy atom. The smallest absolute Gasteiger partial charge is 0.139 e. The molecule has 0 N–H and O–H groups in total. The molecule has 1 heterocycles. The highest BCUT2D eigenvalue weighted by Crippen LogP contribution is 2.44. The van der Waals surface area contributed by atoms with E-state index in [2.05, 4.69) is 19.0 Å². The molecule has 3 heteroatoms. The maximum absolute atomic E-state index is 10.6. The van der Waals surface area contributed by atoms with E-state index >= 15 is 0 Å². The average molecular weight is 207 g/mol. The number of hydrogen-bond donors (Lipinski definition) is 0. The second-order valence-corrected chi connectivity index (χ2v) is 4.66. The van der Waals surface area contributed by atoms with Crippen LogP contribution in [0.5, 0.6) is 0 Å². The predicted octanol–water partition coefficient (Wildman–Crippen LogP) is 2.88. The minimum Gasteiger partial charge on any atom is -0.361 e. The van der Waals surface area contributed by atoms with Crippen LogP contribution in [-0.4, -0.2) is 11.4 Å². The van der Waals surface area contributed by atoms with Crippen LogP contribution in [0.25, 0.3) is 0 Å². The summed E-state index contributed by atoms with van der Waals surface area (Å²) >= 11 is 0. The SMILES string of the molecule is CC(C)c1cc(C(CC=O)C2CC2)no1. The van der Waals surface area contributed by atoms with Gasteiger partial charge in [-0.05, 0) is 18.8 Å². The molecule has 0 aliphatic heterocycles. The lowest BCUT2D eigenvalue weighted by Gasteiger charge is -2.07. The van der Waals surface area contributed by atoms with Crippen molar-refractivity contribution >= 4 is 6.29 Å². The van der Waals surface area contributed by atoms with Gasteiger partial charge in [0.2, 0.25) is 0 Å². The molecule has 15 heavy (non-hydrogen) atoms. The molecule has 1 aliphatic rings. The molecule has 1 saturated carbocycles. The maximum Gasteiger partial charge on any atom is 0.139 e. The monoisotopic (exact) mass is 207 g/mol. The quantitative estimate of drug-likeness (QED) is 0.697. The molecule has 1 unspecified atom stereocenters. The molecule has 0 spiro atoms. The van der Waals surface area contributed by atoms with Crippen molar-refractivity contribution in [3.8, 4) is 0 Å². The summed E-state index contributed by atoms with van der Waals surface area (Å²) < 4.78 is 5.27. The number of hydrogen-bond acceptors (Lipinski definition) is 3. The molecule has 3 nitrogen and oxygen atoms in total. The van der Waals surface area contributed by atoms with Gasteiger partial charge in [0.15, 0.2) is 0 Å². The van der Waals surface area contributed by atoms with Gasteiger partial charge in [-0.3, -0.25) is 0 Å². The maximum atomic E-state index is 10.6. The molecule has 1 aromatic heterocycles. The van der Waals surface area contributed by atoms with E-state index in [1.54, 1.807) is 0 Å². The molecule has 1 aliphatic carbocycles. The van der Waals surface area contributed by atoms with Crippen molar-refractivity contribution in [1.29, 1.82) is 0 Å². The fourth-order valence-electron chi connectivity index (χ4n) is 1.91. The van der Waals surface area contributed by atoms with Crippen molar-refractivity contribution in [1.82, 2.24) is 5.16 Å². The zero-order chi connectivity index (χ0) is 10.8. The summed E-state index contributed by atoms with van der Waals surface area (Å²) in [5.41, 5.74) is 0.966. The number of carbonyl (C=O) groups excluding carboxylic acids is 1. The van der Waals surface area contributed by atoms with Crippen molar-refractivity contribution in [2.45, 2.75) is 44.9 Å². The highest BCUT2D eigenvalue weighted by molar-refractivity contribution is 5.51. The standard InChI is InChI=1S/C12H17NO2/c1-8(2)12-7-11(13-15-12)10(5-6-14)9-3-4-9/h6-10H,3-5H2,1-2H3. The first kappa shape index (κ1) is 10.4. The van der Waals surface area contributed by atoms with Crippen LogP contribution in [0.4, 0.5) is 0 Å². The van der Waals surface area contributed by atoms with E-state index in [9.17, 15) is 4.79 Å². The fraction of sp³-hybridized carbons (Fsp3) is 0.667.